The van der Waals surface area contributed by atoms with Crippen LogP contribution in [0.2, 0.25) is 0 Å². The first-order chi connectivity index (χ1) is 12.2. The molecule has 134 valence electrons. The van der Waals surface area contributed by atoms with Gasteiger partial charge in [0.1, 0.15) is 17.2 Å². The largest absolute Gasteiger partial charge is 0.493 e. The molecule has 0 aliphatic heterocycles. The number of nitrogens with zero attached hydrogens (tertiary/aromatic N) is 2. The molecule has 6 nitrogen and oxygen atoms in total. The highest BCUT2D eigenvalue weighted by Gasteiger charge is 2.29. The van der Waals surface area contributed by atoms with Gasteiger partial charge in [0.25, 0.3) is 11.9 Å². The number of benzene rings is 1. The molecule has 0 bridgehead atoms. The predicted octanol–water partition coefficient (Wildman–Crippen LogP) is 3.37. The van der Waals surface area contributed by atoms with Crippen molar-refractivity contribution >= 4 is 0 Å². The van der Waals surface area contributed by atoms with Gasteiger partial charge in [-0.05, 0) is 37.8 Å². The molecule has 0 fully saturated rings. The molecular weight excluding hydrogens is 320 g/mol. The lowest BCUT2D eigenvalue weighted by Gasteiger charge is -2.14. The molecule has 1 heterocycles. The van der Waals surface area contributed by atoms with Crippen molar-refractivity contribution in [1.82, 2.24) is 4.73 Å². The van der Waals surface area contributed by atoms with Gasteiger partial charge in [0, 0.05) is 17.4 Å². The minimum absolute atomic E-state index is 0.434. The minimum atomic E-state index is 0.434. The van der Waals surface area contributed by atoms with Crippen molar-refractivity contribution in [3.8, 4) is 22.8 Å². The summed E-state index contributed by atoms with van der Waals surface area (Å²) in [4.78, 5) is 12.3. The van der Waals surface area contributed by atoms with Crippen LogP contribution in [0.4, 0.5) is 0 Å². The summed E-state index contributed by atoms with van der Waals surface area (Å²) < 4.78 is 13.5. The summed E-state index contributed by atoms with van der Waals surface area (Å²) in [5.74, 6) is 1.33. The van der Waals surface area contributed by atoms with Crippen LogP contribution in [0.5, 0.6) is 11.5 Å². The van der Waals surface area contributed by atoms with Gasteiger partial charge < -0.3 is 14.7 Å². The molecule has 1 aliphatic carbocycles. The Kier molecular flexibility index (Phi) is 5.26. The number of hydrogen-bond donors (Lipinski definition) is 1. The molecule has 2 aromatic rings. The molecule has 1 aliphatic rings. The first-order valence-corrected chi connectivity index (χ1v) is 8.95. The molecule has 1 N–H and O–H groups in total. The Bertz CT molecular complexity index is 814. The van der Waals surface area contributed by atoms with E-state index in [2.05, 4.69) is 6.92 Å². The Balaban J connectivity index is 2.07. The number of fused-ring (bicyclic) bond motifs is 1. The first kappa shape index (κ1) is 17.3. The van der Waals surface area contributed by atoms with Crippen molar-refractivity contribution in [3.63, 3.8) is 0 Å². The van der Waals surface area contributed by atoms with Crippen LogP contribution in [-0.2, 0) is 12.8 Å². The normalized spacial score (nSPS) is 12.9. The van der Waals surface area contributed by atoms with E-state index in [4.69, 9.17) is 9.47 Å². The SMILES string of the molecule is CCCOc1ccc(-c2c[n+](=O)c3c(n2O)CCC3)c(OCCC)c1. The van der Waals surface area contributed by atoms with Gasteiger partial charge in [0.2, 0.25) is 0 Å². The summed E-state index contributed by atoms with van der Waals surface area (Å²) in [6.07, 6.45) is 5.48. The quantitative estimate of drug-likeness (QED) is 0.617. The Morgan fingerprint density at radius 3 is 2.68 bits per heavy atom. The maximum Gasteiger partial charge on any atom is 0.262 e. The van der Waals surface area contributed by atoms with Crippen LogP contribution >= 0.6 is 0 Å². The third kappa shape index (κ3) is 3.48. The zero-order valence-corrected chi connectivity index (χ0v) is 14.8. The fourth-order valence-corrected chi connectivity index (χ4v) is 3.11. The molecule has 1 aromatic heterocycles. The van der Waals surface area contributed by atoms with Gasteiger partial charge >= 0.3 is 0 Å². The zero-order valence-electron chi connectivity index (χ0n) is 14.8. The second-order valence-corrected chi connectivity index (χ2v) is 6.25. The van der Waals surface area contributed by atoms with Crippen LogP contribution in [0, 0.1) is 4.91 Å². The third-order valence-corrected chi connectivity index (χ3v) is 4.31. The first-order valence-electron chi connectivity index (χ1n) is 8.95. The third-order valence-electron chi connectivity index (χ3n) is 4.31. The number of aromatic nitrogens is 2. The topological polar surface area (TPSA) is 66.6 Å². The van der Waals surface area contributed by atoms with Gasteiger partial charge in [-0.3, -0.25) is 0 Å². The lowest BCUT2D eigenvalue weighted by molar-refractivity contribution is -0.505. The van der Waals surface area contributed by atoms with Crippen LogP contribution < -0.4 is 13.9 Å². The highest BCUT2D eigenvalue weighted by Crippen LogP contribution is 2.34. The second kappa shape index (κ2) is 7.59. The van der Waals surface area contributed by atoms with Crippen LogP contribution in [0.3, 0.4) is 0 Å². The molecule has 0 spiro atoms. The summed E-state index contributed by atoms with van der Waals surface area (Å²) in [5.41, 5.74) is 2.44. The number of hydrogen-bond acceptors (Lipinski definition) is 4. The molecule has 1 aromatic carbocycles. The molecule has 0 amide bonds. The average Bonchev–Trinajstić information content (AvgIpc) is 3.12. The van der Waals surface area contributed by atoms with Crippen molar-refractivity contribution < 1.29 is 19.1 Å². The van der Waals surface area contributed by atoms with Gasteiger partial charge in [0.15, 0.2) is 5.69 Å². The summed E-state index contributed by atoms with van der Waals surface area (Å²) in [6.45, 7) is 5.27. The Hall–Kier alpha value is -2.50. The fraction of sp³-hybridized carbons (Fsp3) is 0.474. The lowest BCUT2D eigenvalue weighted by Crippen LogP contribution is -2.25. The van der Waals surface area contributed by atoms with E-state index in [0.29, 0.717) is 54.5 Å². The molecule has 6 heteroatoms. The van der Waals surface area contributed by atoms with Gasteiger partial charge in [-0.2, -0.15) is 4.73 Å². The second-order valence-electron chi connectivity index (χ2n) is 6.25. The molecule has 3 rings (SSSR count). The highest BCUT2D eigenvalue weighted by atomic mass is 16.5. The molecule has 0 saturated carbocycles. The summed E-state index contributed by atoms with van der Waals surface area (Å²) in [6, 6.07) is 5.49. The highest BCUT2D eigenvalue weighted by molar-refractivity contribution is 5.68. The Morgan fingerprint density at radius 1 is 1.16 bits per heavy atom. The monoisotopic (exact) mass is 345 g/mol. The van der Waals surface area contributed by atoms with E-state index in [9.17, 15) is 10.1 Å². The summed E-state index contributed by atoms with van der Waals surface area (Å²) >= 11 is 0. The molecule has 0 saturated heterocycles. The molecular formula is C19H25N2O4+. The smallest absolute Gasteiger partial charge is 0.262 e. The summed E-state index contributed by atoms with van der Waals surface area (Å²) in [7, 11) is 0. The maximum atomic E-state index is 12.3. The predicted molar refractivity (Wildman–Crippen MR) is 94.0 cm³/mol. The van der Waals surface area contributed by atoms with Crippen molar-refractivity contribution in [2.45, 2.75) is 46.0 Å². The zero-order chi connectivity index (χ0) is 17.8. The van der Waals surface area contributed by atoms with Gasteiger partial charge in [-0.15, -0.1) is 0 Å². The fourth-order valence-electron chi connectivity index (χ4n) is 3.11. The molecule has 0 unspecified atom stereocenters. The van der Waals surface area contributed by atoms with Crippen LogP contribution in [0.1, 0.15) is 44.5 Å². The maximum absolute atomic E-state index is 12.3. The van der Waals surface area contributed by atoms with Crippen LogP contribution in [-0.4, -0.2) is 23.2 Å². The van der Waals surface area contributed by atoms with Crippen molar-refractivity contribution in [2.24, 2.45) is 0 Å². The van der Waals surface area contributed by atoms with Crippen LogP contribution in [0.25, 0.3) is 11.3 Å². The standard InChI is InChI=1S/C19H25N2O4/c1-3-10-24-14-8-9-15(19(12-14)25-11-4-2)18-13-20(22)16-6-5-7-17(16)21(18)23/h8-9,12-13,23H,3-7,10-11H2,1-2H3/q+1. The number of ether oxygens (including phenoxy) is 2. The van der Waals surface area contributed by atoms with Gasteiger partial charge in [-0.1, -0.05) is 13.8 Å². The van der Waals surface area contributed by atoms with Crippen molar-refractivity contribution in [3.05, 3.63) is 40.7 Å². The summed E-state index contributed by atoms with van der Waals surface area (Å²) in [5, 5.41) is 10.6. The average molecular weight is 345 g/mol. The number of rotatable bonds is 7. The van der Waals surface area contributed by atoms with Crippen molar-refractivity contribution in [1.29, 1.82) is 0 Å². The van der Waals surface area contributed by atoms with Gasteiger partial charge in [0.05, 0.1) is 23.2 Å². The Morgan fingerprint density at radius 2 is 1.92 bits per heavy atom. The van der Waals surface area contributed by atoms with E-state index in [1.54, 1.807) is 0 Å². The van der Waals surface area contributed by atoms with Gasteiger partial charge in [-0.25, -0.2) is 0 Å². The lowest BCUT2D eigenvalue weighted by atomic mass is 10.1. The van der Waals surface area contributed by atoms with Crippen LogP contribution in [0.15, 0.2) is 24.4 Å². The molecule has 0 atom stereocenters. The van der Waals surface area contributed by atoms with E-state index in [0.717, 1.165) is 34.2 Å². The van der Waals surface area contributed by atoms with E-state index in [-0.39, 0.29) is 0 Å². The van der Waals surface area contributed by atoms with E-state index < -0.39 is 0 Å². The molecule has 0 radical (unpaired) electrons. The molecule has 25 heavy (non-hydrogen) atoms. The minimum Gasteiger partial charge on any atom is -0.493 e. The Labute approximate surface area is 147 Å². The van der Waals surface area contributed by atoms with Crippen molar-refractivity contribution in [2.75, 3.05) is 13.2 Å². The van der Waals surface area contributed by atoms with E-state index >= 15 is 0 Å². The van der Waals surface area contributed by atoms with E-state index in [1.807, 2.05) is 25.1 Å². The van der Waals surface area contributed by atoms with E-state index in [1.165, 1.54) is 6.20 Å².